The van der Waals surface area contributed by atoms with Crippen molar-refractivity contribution in [2.45, 2.75) is 25.6 Å². The van der Waals surface area contributed by atoms with E-state index in [1.54, 1.807) is 6.92 Å². The monoisotopic (exact) mass is 209 g/mol. The Morgan fingerprint density at radius 3 is 2.15 bits per heavy atom. The SMILES string of the molecule is CCCS(=O)(=O)N1C[C@@H](O)[C@@H](O)C1. The molecule has 0 aliphatic carbocycles. The Kier molecular flexibility index (Phi) is 3.28. The fourth-order valence-electron chi connectivity index (χ4n) is 1.35. The molecule has 6 heteroatoms. The summed E-state index contributed by atoms with van der Waals surface area (Å²) in [6.45, 7) is 1.81. The van der Waals surface area contributed by atoms with Crippen LogP contribution >= 0.6 is 0 Å². The number of nitrogens with zero attached hydrogens (tertiary/aromatic N) is 1. The molecule has 1 aliphatic rings. The molecule has 1 aliphatic heterocycles. The first-order chi connectivity index (χ1) is 5.97. The molecule has 0 aromatic heterocycles. The number of β-amino-alcohol motifs (C(OH)–C–C–N with tert-alkyl or cyclic N) is 2. The first kappa shape index (κ1) is 10.9. The lowest BCUT2D eigenvalue weighted by Crippen LogP contribution is -2.31. The third-order valence-corrected chi connectivity index (χ3v) is 4.09. The summed E-state index contributed by atoms with van der Waals surface area (Å²) >= 11 is 0. The van der Waals surface area contributed by atoms with E-state index in [1.807, 2.05) is 0 Å². The minimum absolute atomic E-state index is 0.0174. The van der Waals surface area contributed by atoms with E-state index in [9.17, 15) is 8.42 Å². The Balaban J connectivity index is 2.65. The van der Waals surface area contributed by atoms with E-state index in [2.05, 4.69) is 0 Å². The van der Waals surface area contributed by atoms with Gasteiger partial charge in [0.25, 0.3) is 0 Å². The average molecular weight is 209 g/mol. The van der Waals surface area contributed by atoms with E-state index in [4.69, 9.17) is 10.2 Å². The van der Waals surface area contributed by atoms with Crippen LogP contribution in [0.4, 0.5) is 0 Å². The highest BCUT2D eigenvalue weighted by atomic mass is 32.2. The molecular weight excluding hydrogens is 194 g/mol. The van der Waals surface area contributed by atoms with Gasteiger partial charge in [0.15, 0.2) is 0 Å². The number of rotatable bonds is 3. The first-order valence-corrected chi connectivity index (χ1v) is 5.92. The Morgan fingerprint density at radius 2 is 1.77 bits per heavy atom. The Bertz CT molecular complexity index is 254. The Hall–Kier alpha value is -0.170. The lowest BCUT2D eigenvalue weighted by atomic mass is 10.3. The van der Waals surface area contributed by atoms with Crippen LogP contribution < -0.4 is 0 Å². The van der Waals surface area contributed by atoms with Crippen LogP contribution in [0, 0.1) is 0 Å². The second kappa shape index (κ2) is 3.91. The van der Waals surface area contributed by atoms with E-state index in [-0.39, 0.29) is 18.8 Å². The van der Waals surface area contributed by atoms with Gasteiger partial charge < -0.3 is 10.2 Å². The zero-order valence-electron chi connectivity index (χ0n) is 7.55. The lowest BCUT2D eigenvalue weighted by Gasteiger charge is -2.14. The fraction of sp³-hybridized carbons (Fsp3) is 1.00. The summed E-state index contributed by atoms with van der Waals surface area (Å²) in [5.41, 5.74) is 0. The molecule has 1 fully saturated rings. The highest BCUT2D eigenvalue weighted by Crippen LogP contribution is 2.15. The maximum absolute atomic E-state index is 11.4. The molecule has 0 saturated carbocycles. The van der Waals surface area contributed by atoms with Crippen molar-refractivity contribution in [3.8, 4) is 0 Å². The average Bonchev–Trinajstić information content (AvgIpc) is 2.33. The molecule has 5 nitrogen and oxygen atoms in total. The highest BCUT2D eigenvalue weighted by molar-refractivity contribution is 7.89. The number of aliphatic hydroxyl groups excluding tert-OH is 2. The molecule has 1 saturated heterocycles. The predicted octanol–water partition coefficient (Wildman–Crippen LogP) is -1.24. The maximum Gasteiger partial charge on any atom is 0.214 e. The molecule has 0 bridgehead atoms. The molecule has 13 heavy (non-hydrogen) atoms. The molecule has 78 valence electrons. The van der Waals surface area contributed by atoms with Gasteiger partial charge in [-0.05, 0) is 6.42 Å². The van der Waals surface area contributed by atoms with E-state index < -0.39 is 22.2 Å². The molecule has 2 N–H and O–H groups in total. The zero-order valence-corrected chi connectivity index (χ0v) is 8.37. The van der Waals surface area contributed by atoms with Crippen molar-refractivity contribution in [2.24, 2.45) is 0 Å². The molecule has 0 spiro atoms. The molecule has 0 radical (unpaired) electrons. The molecule has 1 heterocycles. The van der Waals surface area contributed by atoms with Gasteiger partial charge in [-0.1, -0.05) is 6.92 Å². The highest BCUT2D eigenvalue weighted by Gasteiger charge is 2.35. The predicted molar refractivity (Wildman–Crippen MR) is 47.7 cm³/mol. The number of hydrogen-bond acceptors (Lipinski definition) is 4. The van der Waals surface area contributed by atoms with Crippen molar-refractivity contribution in [2.75, 3.05) is 18.8 Å². The second-order valence-corrected chi connectivity index (χ2v) is 5.36. The van der Waals surface area contributed by atoms with E-state index in [1.165, 1.54) is 0 Å². The number of aliphatic hydroxyl groups is 2. The van der Waals surface area contributed by atoms with Crippen LogP contribution in [0.1, 0.15) is 13.3 Å². The minimum atomic E-state index is -3.26. The van der Waals surface area contributed by atoms with Crippen molar-refractivity contribution in [1.82, 2.24) is 4.31 Å². The van der Waals surface area contributed by atoms with Gasteiger partial charge in [-0.25, -0.2) is 8.42 Å². The van der Waals surface area contributed by atoms with Gasteiger partial charge in [0.1, 0.15) is 0 Å². The van der Waals surface area contributed by atoms with Crippen LogP contribution in [-0.4, -0.2) is 54.0 Å². The molecule has 0 aromatic rings. The number of sulfonamides is 1. The van der Waals surface area contributed by atoms with Crippen molar-refractivity contribution in [3.05, 3.63) is 0 Å². The van der Waals surface area contributed by atoms with Crippen LogP contribution in [0.15, 0.2) is 0 Å². The first-order valence-electron chi connectivity index (χ1n) is 4.31. The summed E-state index contributed by atoms with van der Waals surface area (Å²) in [6.07, 6.45) is -1.33. The van der Waals surface area contributed by atoms with Crippen LogP contribution in [0.25, 0.3) is 0 Å². The molecule has 0 aromatic carbocycles. The summed E-state index contributed by atoms with van der Waals surface area (Å²) in [7, 11) is -3.26. The van der Waals surface area contributed by atoms with Gasteiger partial charge in [-0.3, -0.25) is 0 Å². The topological polar surface area (TPSA) is 77.8 Å². The van der Waals surface area contributed by atoms with E-state index in [0.29, 0.717) is 6.42 Å². The van der Waals surface area contributed by atoms with Crippen LogP contribution in [-0.2, 0) is 10.0 Å². The van der Waals surface area contributed by atoms with Gasteiger partial charge in [0, 0.05) is 13.1 Å². The number of hydrogen-bond donors (Lipinski definition) is 2. The van der Waals surface area contributed by atoms with Gasteiger partial charge in [0.2, 0.25) is 10.0 Å². The molecule has 1 rings (SSSR count). The van der Waals surface area contributed by atoms with Gasteiger partial charge in [-0.2, -0.15) is 4.31 Å². The third-order valence-electron chi connectivity index (χ3n) is 2.08. The van der Waals surface area contributed by atoms with Gasteiger partial charge in [-0.15, -0.1) is 0 Å². The van der Waals surface area contributed by atoms with Crippen LogP contribution in [0.3, 0.4) is 0 Å². The van der Waals surface area contributed by atoms with Crippen molar-refractivity contribution in [3.63, 3.8) is 0 Å². The van der Waals surface area contributed by atoms with Gasteiger partial charge in [0.05, 0.1) is 18.0 Å². The third kappa shape index (κ3) is 2.40. The van der Waals surface area contributed by atoms with Crippen molar-refractivity contribution >= 4 is 10.0 Å². The Labute approximate surface area is 78.0 Å². The van der Waals surface area contributed by atoms with Gasteiger partial charge >= 0.3 is 0 Å². The van der Waals surface area contributed by atoms with Crippen LogP contribution in [0.5, 0.6) is 0 Å². The molecular formula is C7H15NO4S. The van der Waals surface area contributed by atoms with Crippen molar-refractivity contribution in [1.29, 1.82) is 0 Å². The van der Waals surface area contributed by atoms with E-state index >= 15 is 0 Å². The lowest BCUT2D eigenvalue weighted by molar-refractivity contribution is 0.0572. The molecule has 2 atom stereocenters. The smallest absolute Gasteiger partial charge is 0.214 e. The normalized spacial score (nSPS) is 31.0. The maximum atomic E-state index is 11.4. The fourth-order valence-corrected chi connectivity index (χ4v) is 2.88. The molecule has 0 unspecified atom stereocenters. The zero-order chi connectivity index (χ0) is 10.1. The standard InChI is InChI=1S/C7H15NO4S/c1-2-3-13(11,12)8-4-6(9)7(10)5-8/h6-7,9-10H,2-5H2,1H3/t6-,7+. The summed E-state index contributed by atoms with van der Waals surface area (Å²) in [5, 5.41) is 18.3. The quantitative estimate of drug-likeness (QED) is 0.609. The molecule has 0 amide bonds. The summed E-state index contributed by atoms with van der Waals surface area (Å²) in [6, 6.07) is 0. The largest absolute Gasteiger partial charge is 0.389 e. The Morgan fingerprint density at radius 1 is 1.31 bits per heavy atom. The minimum Gasteiger partial charge on any atom is -0.389 e. The van der Waals surface area contributed by atoms with E-state index in [0.717, 1.165) is 4.31 Å². The second-order valence-electron chi connectivity index (χ2n) is 3.27. The summed E-state index contributed by atoms with van der Waals surface area (Å²) < 4.78 is 24.0. The summed E-state index contributed by atoms with van der Waals surface area (Å²) in [5.74, 6) is 0.0758. The summed E-state index contributed by atoms with van der Waals surface area (Å²) in [4.78, 5) is 0. The van der Waals surface area contributed by atoms with Crippen molar-refractivity contribution < 1.29 is 18.6 Å². The van der Waals surface area contributed by atoms with Crippen LogP contribution in [0.2, 0.25) is 0 Å².